The van der Waals surface area contributed by atoms with Gasteiger partial charge < -0.3 is 9.84 Å². The molecule has 1 N–H and O–H groups in total. The lowest BCUT2D eigenvalue weighted by Gasteiger charge is -2.38. The van der Waals surface area contributed by atoms with Crippen molar-refractivity contribution >= 4 is 5.97 Å². The molecule has 1 aliphatic rings. The van der Waals surface area contributed by atoms with Gasteiger partial charge in [0, 0.05) is 5.56 Å². The third-order valence-electron chi connectivity index (χ3n) is 3.54. The largest absolute Gasteiger partial charge is 0.494 e. The van der Waals surface area contributed by atoms with E-state index in [0.29, 0.717) is 12.8 Å². The fourth-order valence-corrected chi connectivity index (χ4v) is 2.36. The van der Waals surface area contributed by atoms with Crippen LogP contribution in [0.15, 0.2) is 12.1 Å². The van der Waals surface area contributed by atoms with Gasteiger partial charge in [-0.15, -0.1) is 0 Å². The predicted molar refractivity (Wildman–Crippen MR) is 60.9 cm³/mol. The molecular weight excluding hydrogens is 223 g/mol. The summed E-state index contributed by atoms with van der Waals surface area (Å²) in [5.74, 6) is -1.37. The Morgan fingerprint density at radius 3 is 2.53 bits per heavy atom. The number of halogens is 1. The lowest BCUT2D eigenvalue weighted by atomic mass is 9.64. The van der Waals surface area contributed by atoms with E-state index < -0.39 is 17.2 Å². The average molecular weight is 238 g/mol. The number of methoxy groups -OCH3 is 1. The first-order chi connectivity index (χ1) is 8.01. The third kappa shape index (κ3) is 1.68. The highest BCUT2D eigenvalue weighted by Gasteiger charge is 2.48. The van der Waals surface area contributed by atoms with E-state index in [-0.39, 0.29) is 11.3 Å². The van der Waals surface area contributed by atoms with Crippen LogP contribution in [0.1, 0.15) is 30.4 Å². The Kier molecular flexibility index (Phi) is 2.81. The Morgan fingerprint density at radius 1 is 1.47 bits per heavy atom. The zero-order chi connectivity index (χ0) is 12.6. The number of ether oxygens (including phenoxy) is 1. The second kappa shape index (κ2) is 4.02. The van der Waals surface area contributed by atoms with Gasteiger partial charge in [-0.05, 0) is 31.4 Å². The first kappa shape index (κ1) is 11.9. The molecule has 2 rings (SSSR count). The van der Waals surface area contributed by atoms with Crippen LogP contribution in [0.25, 0.3) is 0 Å². The van der Waals surface area contributed by atoms with Gasteiger partial charge in [-0.3, -0.25) is 4.79 Å². The molecule has 0 atom stereocenters. The van der Waals surface area contributed by atoms with Crippen LogP contribution < -0.4 is 4.74 Å². The van der Waals surface area contributed by atoms with Crippen molar-refractivity contribution < 1.29 is 19.0 Å². The SMILES string of the molecule is COc1cc(C)cc(C2(C(=O)O)CCC2)c1F. The van der Waals surface area contributed by atoms with E-state index >= 15 is 0 Å². The summed E-state index contributed by atoms with van der Waals surface area (Å²) in [4.78, 5) is 11.4. The van der Waals surface area contributed by atoms with E-state index in [4.69, 9.17) is 4.74 Å². The van der Waals surface area contributed by atoms with Crippen molar-refractivity contribution in [2.75, 3.05) is 7.11 Å². The molecule has 0 amide bonds. The Morgan fingerprint density at radius 2 is 2.12 bits per heavy atom. The Hall–Kier alpha value is -1.58. The molecule has 0 saturated heterocycles. The van der Waals surface area contributed by atoms with E-state index in [1.807, 2.05) is 0 Å². The van der Waals surface area contributed by atoms with Crippen LogP contribution in [-0.4, -0.2) is 18.2 Å². The summed E-state index contributed by atoms with van der Waals surface area (Å²) in [6, 6.07) is 3.19. The number of aliphatic carboxylic acids is 1. The standard InChI is InChI=1S/C13H15FO3/c1-8-6-9(11(14)10(7-8)17-2)13(12(15)16)4-3-5-13/h6-7H,3-5H2,1-2H3,(H,15,16). The van der Waals surface area contributed by atoms with Crippen LogP contribution >= 0.6 is 0 Å². The molecule has 1 aliphatic carbocycles. The maximum atomic E-state index is 14.1. The van der Waals surface area contributed by atoms with Gasteiger partial charge in [-0.25, -0.2) is 4.39 Å². The molecule has 3 nitrogen and oxygen atoms in total. The minimum Gasteiger partial charge on any atom is -0.494 e. The molecule has 0 bridgehead atoms. The highest BCUT2D eigenvalue weighted by Crippen LogP contribution is 2.46. The van der Waals surface area contributed by atoms with Crippen molar-refractivity contribution in [3.63, 3.8) is 0 Å². The molecule has 0 aliphatic heterocycles. The van der Waals surface area contributed by atoms with Gasteiger partial charge in [0.2, 0.25) is 0 Å². The first-order valence-electron chi connectivity index (χ1n) is 5.59. The number of hydrogen-bond donors (Lipinski definition) is 1. The molecule has 17 heavy (non-hydrogen) atoms. The summed E-state index contributed by atoms with van der Waals surface area (Å²) in [6.45, 7) is 1.81. The van der Waals surface area contributed by atoms with Crippen LogP contribution in [0.5, 0.6) is 5.75 Å². The van der Waals surface area contributed by atoms with Gasteiger partial charge in [0.05, 0.1) is 12.5 Å². The Balaban J connectivity index is 2.58. The van der Waals surface area contributed by atoms with E-state index in [9.17, 15) is 14.3 Å². The lowest BCUT2D eigenvalue weighted by Crippen LogP contribution is -2.43. The summed E-state index contributed by atoms with van der Waals surface area (Å²) in [5, 5.41) is 9.31. The van der Waals surface area contributed by atoms with Crippen molar-refractivity contribution in [2.45, 2.75) is 31.6 Å². The van der Waals surface area contributed by atoms with Crippen molar-refractivity contribution in [1.82, 2.24) is 0 Å². The molecule has 1 aromatic carbocycles. The van der Waals surface area contributed by atoms with Crippen molar-refractivity contribution in [2.24, 2.45) is 0 Å². The zero-order valence-electron chi connectivity index (χ0n) is 9.92. The maximum absolute atomic E-state index is 14.1. The highest BCUT2D eigenvalue weighted by molar-refractivity contribution is 5.83. The van der Waals surface area contributed by atoms with E-state index in [0.717, 1.165) is 12.0 Å². The fraction of sp³-hybridized carbons (Fsp3) is 0.462. The van der Waals surface area contributed by atoms with Crippen LogP contribution in [0.2, 0.25) is 0 Å². The van der Waals surface area contributed by atoms with Crippen molar-refractivity contribution in [3.05, 3.63) is 29.1 Å². The molecule has 0 heterocycles. The monoisotopic (exact) mass is 238 g/mol. The summed E-state index contributed by atoms with van der Waals surface area (Å²) in [7, 11) is 1.38. The van der Waals surface area contributed by atoms with E-state index in [2.05, 4.69) is 0 Å². The van der Waals surface area contributed by atoms with E-state index in [1.54, 1.807) is 19.1 Å². The van der Waals surface area contributed by atoms with E-state index in [1.165, 1.54) is 7.11 Å². The molecule has 0 radical (unpaired) electrons. The van der Waals surface area contributed by atoms with Crippen molar-refractivity contribution in [1.29, 1.82) is 0 Å². The third-order valence-corrected chi connectivity index (χ3v) is 3.54. The molecule has 0 spiro atoms. The van der Waals surface area contributed by atoms with Crippen LogP contribution in [0, 0.1) is 12.7 Å². The van der Waals surface area contributed by atoms with Gasteiger partial charge in [-0.2, -0.15) is 0 Å². The van der Waals surface area contributed by atoms with Gasteiger partial charge in [0.15, 0.2) is 11.6 Å². The van der Waals surface area contributed by atoms with Crippen LogP contribution in [0.3, 0.4) is 0 Å². The highest BCUT2D eigenvalue weighted by atomic mass is 19.1. The number of aryl methyl sites for hydroxylation is 1. The zero-order valence-corrected chi connectivity index (χ0v) is 9.92. The van der Waals surface area contributed by atoms with Gasteiger partial charge >= 0.3 is 5.97 Å². The first-order valence-corrected chi connectivity index (χ1v) is 5.59. The lowest BCUT2D eigenvalue weighted by molar-refractivity contribution is -0.147. The normalized spacial score (nSPS) is 17.4. The maximum Gasteiger partial charge on any atom is 0.314 e. The number of benzene rings is 1. The Bertz CT molecular complexity index is 464. The number of carboxylic acids is 1. The number of hydrogen-bond acceptors (Lipinski definition) is 2. The summed E-state index contributed by atoms with van der Waals surface area (Å²) in [6.07, 6.45) is 1.81. The minimum atomic E-state index is -1.05. The minimum absolute atomic E-state index is 0.118. The number of carbonyl (C=O) groups is 1. The fourth-order valence-electron chi connectivity index (χ4n) is 2.36. The summed E-state index contributed by atoms with van der Waals surface area (Å²) in [5.41, 5.74) is 0.0162. The topological polar surface area (TPSA) is 46.5 Å². The molecule has 0 unspecified atom stereocenters. The second-order valence-electron chi connectivity index (χ2n) is 4.57. The molecular formula is C13H15FO3. The van der Waals surface area contributed by atoms with Gasteiger partial charge in [-0.1, -0.05) is 12.5 Å². The predicted octanol–water partition coefficient (Wildman–Crippen LogP) is 2.65. The molecule has 0 aromatic heterocycles. The molecule has 1 aromatic rings. The molecule has 92 valence electrons. The number of rotatable bonds is 3. The van der Waals surface area contributed by atoms with Gasteiger partial charge in [0.25, 0.3) is 0 Å². The van der Waals surface area contributed by atoms with Crippen LogP contribution in [-0.2, 0) is 10.2 Å². The Labute approximate surface area is 99.2 Å². The molecule has 1 saturated carbocycles. The number of carboxylic acid groups (broad SMARTS) is 1. The molecule has 1 fully saturated rings. The quantitative estimate of drug-likeness (QED) is 0.880. The molecule has 4 heteroatoms. The van der Waals surface area contributed by atoms with Crippen LogP contribution in [0.4, 0.5) is 4.39 Å². The second-order valence-corrected chi connectivity index (χ2v) is 4.57. The summed E-state index contributed by atoms with van der Waals surface area (Å²) < 4.78 is 19.1. The smallest absolute Gasteiger partial charge is 0.314 e. The summed E-state index contributed by atoms with van der Waals surface area (Å²) >= 11 is 0. The van der Waals surface area contributed by atoms with Crippen molar-refractivity contribution in [3.8, 4) is 5.75 Å². The average Bonchev–Trinajstić information content (AvgIpc) is 2.20. The van der Waals surface area contributed by atoms with Gasteiger partial charge in [0.1, 0.15) is 0 Å².